The molecular formula is C8H13KO5S. The molecule has 1 atom stereocenters. The molecule has 0 saturated carbocycles. The van der Waals surface area contributed by atoms with E-state index >= 15 is 0 Å². The predicted molar refractivity (Wildman–Crippen MR) is 49.0 cm³/mol. The van der Waals surface area contributed by atoms with E-state index in [1.165, 1.54) is 6.92 Å². The first-order valence-electron chi connectivity index (χ1n) is 4.15. The predicted octanol–water partition coefficient (Wildman–Crippen LogP) is -3.26. The van der Waals surface area contributed by atoms with E-state index in [9.17, 15) is 18.3 Å². The van der Waals surface area contributed by atoms with Gasteiger partial charge in [-0.1, -0.05) is 19.4 Å². The molecule has 0 amide bonds. The van der Waals surface area contributed by atoms with E-state index in [4.69, 9.17) is 4.55 Å². The van der Waals surface area contributed by atoms with Gasteiger partial charge in [0.25, 0.3) is 10.1 Å². The number of carboxylic acids is 1. The molecular weight excluding hydrogens is 247 g/mol. The van der Waals surface area contributed by atoms with Gasteiger partial charge in [-0.05, 0) is 18.9 Å². The Kier molecular flexibility index (Phi) is 9.59. The molecule has 82 valence electrons. The van der Waals surface area contributed by atoms with Crippen molar-refractivity contribution in [3.8, 4) is 0 Å². The van der Waals surface area contributed by atoms with Gasteiger partial charge >= 0.3 is 51.4 Å². The van der Waals surface area contributed by atoms with E-state index in [2.05, 4.69) is 0 Å². The molecule has 0 heterocycles. The summed E-state index contributed by atoms with van der Waals surface area (Å²) in [6.45, 7) is 2.96. The number of hydrogen-bond donors (Lipinski definition) is 1. The summed E-state index contributed by atoms with van der Waals surface area (Å²) in [4.78, 5) is 10.3. The molecule has 0 aromatic rings. The average Bonchev–Trinajstić information content (AvgIpc) is 2.01. The minimum Gasteiger partial charge on any atom is -0.545 e. The summed E-state index contributed by atoms with van der Waals surface area (Å²) in [5.41, 5.74) is -0.193. The number of rotatable bonds is 5. The number of carbonyl (C=O) groups is 1. The van der Waals surface area contributed by atoms with Gasteiger partial charge in [0, 0.05) is 0 Å². The Morgan fingerprint density at radius 2 is 2.00 bits per heavy atom. The van der Waals surface area contributed by atoms with Crippen LogP contribution in [0.3, 0.4) is 0 Å². The maximum absolute atomic E-state index is 10.8. The van der Waals surface area contributed by atoms with Crippen molar-refractivity contribution in [2.45, 2.75) is 31.9 Å². The zero-order valence-corrected chi connectivity index (χ0v) is 13.0. The SMILES string of the molecule is CCCC(C=C(C)C(=O)[O-])S(=O)(=O)O.[K+]. The van der Waals surface area contributed by atoms with E-state index in [0.717, 1.165) is 6.08 Å². The van der Waals surface area contributed by atoms with Crippen molar-refractivity contribution in [3.05, 3.63) is 11.6 Å². The third-order valence-electron chi connectivity index (χ3n) is 1.71. The summed E-state index contributed by atoms with van der Waals surface area (Å²) < 4.78 is 30.3. The molecule has 1 unspecified atom stereocenters. The summed E-state index contributed by atoms with van der Waals surface area (Å²) >= 11 is 0. The van der Waals surface area contributed by atoms with Crippen LogP contribution in [-0.2, 0) is 14.9 Å². The second kappa shape index (κ2) is 7.94. The van der Waals surface area contributed by atoms with Crippen molar-refractivity contribution in [2.75, 3.05) is 0 Å². The monoisotopic (exact) mass is 260 g/mol. The number of aliphatic carboxylic acids is 1. The molecule has 0 aliphatic carbocycles. The van der Waals surface area contributed by atoms with Gasteiger partial charge in [-0.3, -0.25) is 4.55 Å². The molecule has 0 fully saturated rings. The Balaban J connectivity index is 0. The van der Waals surface area contributed by atoms with E-state index in [1.807, 2.05) is 0 Å². The van der Waals surface area contributed by atoms with Crippen molar-refractivity contribution in [1.82, 2.24) is 0 Å². The summed E-state index contributed by atoms with van der Waals surface area (Å²) in [5, 5.41) is 9.15. The Labute approximate surface area is 132 Å². The van der Waals surface area contributed by atoms with Crippen molar-refractivity contribution < 1.29 is 74.3 Å². The largest absolute Gasteiger partial charge is 1.00 e. The van der Waals surface area contributed by atoms with E-state index in [0.29, 0.717) is 6.42 Å². The van der Waals surface area contributed by atoms with Gasteiger partial charge in [-0.2, -0.15) is 8.42 Å². The van der Waals surface area contributed by atoms with E-state index in [1.54, 1.807) is 6.92 Å². The van der Waals surface area contributed by atoms with Gasteiger partial charge in [-0.25, -0.2) is 0 Å². The normalized spacial score (nSPS) is 14.2. The van der Waals surface area contributed by atoms with Gasteiger partial charge in [0.2, 0.25) is 0 Å². The Bertz CT molecular complexity index is 333. The summed E-state index contributed by atoms with van der Waals surface area (Å²) in [6.07, 6.45) is 1.71. The number of carbonyl (C=O) groups excluding carboxylic acids is 1. The van der Waals surface area contributed by atoms with Crippen molar-refractivity contribution in [2.24, 2.45) is 0 Å². The topological polar surface area (TPSA) is 94.5 Å². The first-order chi connectivity index (χ1) is 6.29. The maximum Gasteiger partial charge on any atom is 1.00 e. The quantitative estimate of drug-likeness (QED) is 0.318. The van der Waals surface area contributed by atoms with Crippen molar-refractivity contribution >= 4 is 16.1 Å². The first kappa shape index (κ1) is 18.1. The van der Waals surface area contributed by atoms with Crippen LogP contribution in [0.4, 0.5) is 0 Å². The number of hydrogen-bond acceptors (Lipinski definition) is 4. The standard InChI is InChI=1S/C8H14O5S.K/c1-3-4-7(14(11,12)13)5-6(2)8(9)10;/h5,7H,3-4H2,1-2H3,(H,9,10)(H,11,12,13);/q;+1/p-1. The molecule has 0 rings (SSSR count). The molecule has 0 saturated heterocycles. The fourth-order valence-electron chi connectivity index (χ4n) is 0.950. The van der Waals surface area contributed by atoms with Crippen LogP contribution in [0.1, 0.15) is 26.7 Å². The Morgan fingerprint density at radius 1 is 1.53 bits per heavy atom. The third kappa shape index (κ3) is 7.62. The second-order valence-electron chi connectivity index (χ2n) is 2.98. The van der Waals surface area contributed by atoms with Crippen LogP contribution >= 0.6 is 0 Å². The van der Waals surface area contributed by atoms with Crippen LogP contribution in [0, 0.1) is 0 Å². The van der Waals surface area contributed by atoms with Gasteiger partial charge in [0.05, 0.1) is 5.97 Å². The molecule has 0 aromatic carbocycles. The first-order valence-corrected chi connectivity index (χ1v) is 5.65. The molecule has 5 nitrogen and oxygen atoms in total. The summed E-state index contributed by atoms with van der Waals surface area (Å²) in [7, 11) is -4.22. The van der Waals surface area contributed by atoms with Crippen LogP contribution in [0.15, 0.2) is 11.6 Å². The third-order valence-corrected chi connectivity index (χ3v) is 2.85. The van der Waals surface area contributed by atoms with Crippen LogP contribution in [0.25, 0.3) is 0 Å². The maximum atomic E-state index is 10.8. The van der Waals surface area contributed by atoms with Gasteiger partial charge in [0.1, 0.15) is 5.25 Å². The molecule has 0 aromatic heterocycles. The fourth-order valence-corrected chi connectivity index (χ4v) is 1.86. The van der Waals surface area contributed by atoms with E-state index < -0.39 is 21.3 Å². The van der Waals surface area contributed by atoms with E-state index in [-0.39, 0.29) is 63.4 Å². The Morgan fingerprint density at radius 3 is 2.27 bits per heavy atom. The van der Waals surface area contributed by atoms with Crippen molar-refractivity contribution in [3.63, 3.8) is 0 Å². The fraction of sp³-hybridized carbons (Fsp3) is 0.625. The minimum absolute atomic E-state index is 0. The summed E-state index contributed by atoms with van der Waals surface area (Å²) in [5.74, 6) is -1.44. The molecule has 0 spiro atoms. The zero-order valence-electron chi connectivity index (χ0n) is 9.06. The van der Waals surface area contributed by atoms with Crippen LogP contribution < -0.4 is 56.5 Å². The molecule has 0 aliphatic rings. The zero-order chi connectivity index (χ0) is 11.4. The summed E-state index contributed by atoms with van der Waals surface area (Å²) in [6, 6.07) is 0. The minimum atomic E-state index is -4.22. The number of carboxylic acid groups (broad SMARTS) is 1. The second-order valence-corrected chi connectivity index (χ2v) is 4.61. The smallest absolute Gasteiger partial charge is 0.545 e. The van der Waals surface area contributed by atoms with Crippen molar-refractivity contribution in [1.29, 1.82) is 0 Å². The van der Waals surface area contributed by atoms with Gasteiger partial charge in [-0.15, -0.1) is 0 Å². The molecule has 0 radical (unpaired) electrons. The molecule has 0 bridgehead atoms. The molecule has 7 heteroatoms. The molecule has 1 N–H and O–H groups in total. The van der Waals surface area contributed by atoms with Crippen LogP contribution in [0.2, 0.25) is 0 Å². The van der Waals surface area contributed by atoms with Gasteiger partial charge < -0.3 is 9.90 Å². The van der Waals surface area contributed by atoms with Crippen LogP contribution in [-0.4, -0.2) is 24.2 Å². The average molecular weight is 260 g/mol. The van der Waals surface area contributed by atoms with Crippen LogP contribution in [0.5, 0.6) is 0 Å². The van der Waals surface area contributed by atoms with Gasteiger partial charge in [0.15, 0.2) is 0 Å². The molecule has 0 aliphatic heterocycles. The Hall–Kier alpha value is 0.756. The molecule has 15 heavy (non-hydrogen) atoms.